The molecule has 1 saturated carbocycles. The van der Waals surface area contributed by atoms with Gasteiger partial charge in [0.05, 0.1) is 34.3 Å². The van der Waals surface area contributed by atoms with Crippen molar-refractivity contribution in [2.75, 3.05) is 37.8 Å². The van der Waals surface area contributed by atoms with Crippen molar-refractivity contribution in [2.45, 2.75) is 12.8 Å². The van der Waals surface area contributed by atoms with Gasteiger partial charge in [-0.1, -0.05) is 0 Å². The van der Waals surface area contributed by atoms with Crippen LogP contribution in [0, 0.1) is 11.7 Å². The van der Waals surface area contributed by atoms with E-state index in [0.29, 0.717) is 57.4 Å². The third kappa shape index (κ3) is 5.52. The quantitative estimate of drug-likeness (QED) is 0.187. The number of benzene rings is 1. The number of anilines is 2. The van der Waals surface area contributed by atoms with E-state index < -0.39 is 0 Å². The third-order valence-electron chi connectivity index (χ3n) is 7.34. The molecule has 1 aliphatic rings. The highest BCUT2D eigenvalue weighted by Crippen LogP contribution is 2.33. The summed E-state index contributed by atoms with van der Waals surface area (Å²) in [4.78, 5) is 36.2. The van der Waals surface area contributed by atoms with E-state index in [0.717, 1.165) is 36.0 Å². The van der Waals surface area contributed by atoms with Gasteiger partial charge in [-0.05, 0) is 69.4 Å². The van der Waals surface area contributed by atoms with Crippen molar-refractivity contribution in [1.82, 2.24) is 40.0 Å². The second kappa shape index (κ2) is 10.9. The van der Waals surface area contributed by atoms with Crippen LogP contribution in [0.4, 0.5) is 15.8 Å². The van der Waals surface area contributed by atoms with Crippen molar-refractivity contribution in [3.05, 3.63) is 66.9 Å². The van der Waals surface area contributed by atoms with E-state index in [-0.39, 0.29) is 17.6 Å². The van der Waals surface area contributed by atoms with E-state index in [4.69, 9.17) is 9.97 Å². The number of fused-ring (bicyclic) bond motifs is 2. The van der Waals surface area contributed by atoms with Gasteiger partial charge in [-0.15, -0.1) is 0 Å². The van der Waals surface area contributed by atoms with Gasteiger partial charge in [0.15, 0.2) is 11.5 Å². The van der Waals surface area contributed by atoms with Crippen molar-refractivity contribution in [1.29, 1.82) is 0 Å². The van der Waals surface area contributed by atoms with Crippen LogP contribution in [0.15, 0.2) is 61.1 Å². The number of carbonyl (C=O) groups is 1. The minimum Gasteiger partial charge on any atom is -0.384 e. The number of carbonyl (C=O) groups excluding carboxylic acids is 1. The lowest BCUT2D eigenvalue weighted by molar-refractivity contribution is -0.117. The molecule has 0 bridgehead atoms. The molecule has 0 atom stereocenters. The lowest BCUT2D eigenvalue weighted by Crippen LogP contribution is -2.20. The molecule has 1 aromatic carbocycles. The SMILES string of the molecule is CN(C)CCNc1cc(F)cc(-c2nccc3[nH]c(-c4n[nH]c5ccc(-c6cncc(NC(=O)C7CC7)c6)nc45)nc23)c1. The summed E-state index contributed by atoms with van der Waals surface area (Å²) in [6.45, 7) is 1.49. The monoisotopic (exact) mass is 576 g/mol. The minimum absolute atomic E-state index is 0.0216. The normalized spacial score (nSPS) is 13.2. The number of hydrogen-bond donors (Lipinski definition) is 4. The predicted molar refractivity (Wildman–Crippen MR) is 164 cm³/mol. The Bertz CT molecular complexity index is 1980. The topological polar surface area (TPSA) is 140 Å². The van der Waals surface area contributed by atoms with Crippen LogP contribution < -0.4 is 10.6 Å². The first-order valence-corrected chi connectivity index (χ1v) is 14.1. The molecular weight excluding hydrogens is 547 g/mol. The summed E-state index contributed by atoms with van der Waals surface area (Å²) in [6.07, 6.45) is 6.87. The highest BCUT2D eigenvalue weighted by Gasteiger charge is 2.29. The van der Waals surface area contributed by atoms with Crippen LogP contribution in [-0.4, -0.2) is 73.1 Å². The van der Waals surface area contributed by atoms with Crippen molar-refractivity contribution in [3.63, 3.8) is 0 Å². The molecule has 0 saturated heterocycles. The van der Waals surface area contributed by atoms with E-state index in [1.165, 1.54) is 12.1 Å². The number of amides is 1. The molecule has 5 heterocycles. The maximum Gasteiger partial charge on any atom is 0.227 e. The van der Waals surface area contributed by atoms with E-state index in [1.54, 1.807) is 18.6 Å². The van der Waals surface area contributed by atoms with E-state index in [2.05, 4.69) is 40.7 Å². The summed E-state index contributed by atoms with van der Waals surface area (Å²) in [5.41, 5.74) is 7.15. The summed E-state index contributed by atoms with van der Waals surface area (Å²) in [6, 6.07) is 12.3. The number of H-pyrrole nitrogens is 2. The molecule has 12 heteroatoms. The van der Waals surface area contributed by atoms with E-state index >= 15 is 0 Å². The Hall–Kier alpha value is -5.23. The fraction of sp³-hybridized carbons (Fsp3) is 0.226. The van der Waals surface area contributed by atoms with Crippen LogP contribution >= 0.6 is 0 Å². The molecule has 0 spiro atoms. The number of rotatable bonds is 9. The fourth-order valence-corrected chi connectivity index (χ4v) is 4.97. The molecule has 0 unspecified atom stereocenters. The Morgan fingerprint density at radius 1 is 0.977 bits per heavy atom. The molecule has 0 aliphatic heterocycles. The van der Waals surface area contributed by atoms with Gasteiger partial charge in [0.2, 0.25) is 5.91 Å². The van der Waals surface area contributed by atoms with Gasteiger partial charge in [-0.3, -0.25) is 19.9 Å². The Kier molecular flexibility index (Phi) is 6.74. The molecule has 4 N–H and O–H groups in total. The number of nitrogens with one attached hydrogen (secondary N) is 4. The number of imidazole rings is 1. The van der Waals surface area contributed by atoms with Crippen LogP contribution in [0.1, 0.15) is 12.8 Å². The number of aromatic amines is 2. The smallest absolute Gasteiger partial charge is 0.227 e. The molecule has 7 rings (SSSR count). The lowest BCUT2D eigenvalue weighted by atomic mass is 10.1. The minimum atomic E-state index is -0.361. The lowest BCUT2D eigenvalue weighted by Gasteiger charge is -2.12. The van der Waals surface area contributed by atoms with Gasteiger partial charge in [0.25, 0.3) is 0 Å². The average Bonchev–Trinajstić information content (AvgIpc) is 3.62. The van der Waals surface area contributed by atoms with Crippen LogP contribution in [0.3, 0.4) is 0 Å². The zero-order valence-corrected chi connectivity index (χ0v) is 23.6. The second-order valence-corrected chi connectivity index (χ2v) is 11.0. The van der Waals surface area contributed by atoms with E-state index in [9.17, 15) is 9.18 Å². The first-order chi connectivity index (χ1) is 20.9. The molecule has 5 aromatic heterocycles. The summed E-state index contributed by atoms with van der Waals surface area (Å²) in [5.74, 6) is 0.261. The molecule has 43 heavy (non-hydrogen) atoms. The molecule has 11 nitrogen and oxygen atoms in total. The first kappa shape index (κ1) is 26.7. The zero-order chi connectivity index (χ0) is 29.5. The van der Waals surface area contributed by atoms with Crippen LogP contribution in [0.5, 0.6) is 0 Å². The number of likely N-dealkylation sites (N-methyl/N-ethyl adjacent to an activating group) is 1. The number of aromatic nitrogens is 7. The number of halogens is 1. The summed E-state index contributed by atoms with van der Waals surface area (Å²) in [7, 11) is 3.98. The molecule has 1 aliphatic carbocycles. The van der Waals surface area contributed by atoms with Gasteiger partial charge in [0.1, 0.15) is 16.9 Å². The Morgan fingerprint density at radius 3 is 2.65 bits per heavy atom. The van der Waals surface area contributed by atoms with Crippen molar-refractivity contribution in [2.24, 2.45) is 5.92 Å². The van der Waals surface area contributed by atoms with Gasteiger partial charge in [0, 0.05) is 48.2 Å². The van der Waals surface area contributed by atoms with Crippen molar-refractivity contribution >= 4 is 39.3 Å². The maximum absolute atomic E-state index is 14.7. The van der Waals surface area contributed by atoms with Gasteiger partial charge in [-0.25, -0.2) is 14.4 Å². The molecule has 0 radical (unpaired) electrons. The molecular formula is C31H29FN10O. The average molecular weight is 577 g/mol. The summed E-state index contributed by atoms with van der Waals surface area (Å²) >= 11 is 0. The predicted octanol–water partition coefficient (Wildman–Crippen LogP) is 5.09. The molecule has 1 fully saturated rings. The Balaban J connectivity index is 1.23. The third-order valence-corrected chi connectivity index (χ3v) is 7.34. The van der Waals surface area contributed by atoms with Crippen LogP contribution in [0.2, 0.25) is 0 Å². The van der Waals surface area contributed by atoms with Gasteiger partial charge in [-0.2, -0.15) is 5.10 Å². The first-order valence-electron chi connectivity index (χ1n) is 14.1. The summed E-state index contributed by atoms with van der Waals surface area (Å²) < 4.78 is 14.7. The second-order valence-electron chi connectivity index (χ2n) is 11.0. The molecule has 216 valence electrons. The number of nitrogens with zero attached hydrogens (tertiary/aromatic N) is 6. The maximum atomic E-state index is 14.7. The van der Waals surface area contributed by atoms with Crippen molar-refractivity contribution in [3.8, 4) is 34.0 Å². The largest absolute Gasteiger partial charge is 0.384 e. The van der Waals surface area contributed by atoms with Gasteiger partial charge >= 0.3 is 0 Å². The van der Waals surface area contributed by atoms with Gasteiger partial charge < -0.3 is 20.5 Å². The standard InChI is InChI=1S/C31H29FN10O/c1-42(2)10-9-34-21-12-18(11-20(32)14-21)26-27-24(7-8-35-26)38-30(39-27)29-28-25(40-41-29)6-5-23(37-28)19-13-22(16-33-15-19)36-31(43)17-3-4-17/h5-8,11-17,34H,3-4,9-10H2,1-2H3,(H,36,43)(H,38,39)(H,40,41). The van der Waals surface area contributed by atoms with Crippen LogP contribution in [0.25, 0.3) is 56.1 Å². The van der Waals surface area contributed by atoms with Crippen LogP contribution in [-0.2, 0) is 4.79 Å². The molecule has 1 amide bonds. The van der Waals surface area contributed by atoms with E-state index in [1.807, 2.05) is 44.4 Å². The Labute approximate surface area is 246 Å². The number of pyridine rings is 3. The molecule has 6 aromatic rings. The Morgan fingerprint density at radius 2 is 1.81 bits per heavy atom. The number of hydrogen-bond acceptors (Lipinski definition) is 8. The highest BCUT2D eigenvalue weighted by molar-refractivity contribution is 5.96. The summed E-state index contributed by atoms with van der Waals surface area (Å²) in [5, 5.41) is 13.8. The zero-order valence-electron chi connectivity index (χ0n) is 23.6. The fourth-order valence-electron chi connectivity index (χ4n) is 4.97. The highest BCUT2D eigenvalue weighted by atomic mass is 19.1. The van der Waals surface area contributed by atoms with Crippen molar-refractivity contribution < 1.29 is 9.18 Å².